The van der Waals surface area contributed by atoms with E-state index in [9.17, 15) is 4.39 Å². The first-order valence-electron chi connectivity index (χ1n) is 6.56. The zero-order valence-electron chi connectivity index (χ0n) is 11.8. The Labute approximate surface area is 130 Å². The molecule has 6 nitrogen and oxygen atoms in total. The van der Waals surface area contributed by atoms with E-state index in [1.54, 1.807) is 19.5 Å². The van der Waals surface area contributed by atoms with Crippen LogP contribution in [0.1, 0.15) is 0 Å². The minimum absolute atomic E-state index is 0.0715. The molecule has 8 heteroatoms. The molecule has 0 unspecified atom stereocenters. The van der Waals surface area contributed by atoms with Gasteiger partial charge in [-0.3, -0.25) is 0 Å². The van der Waals surface area contributed by atoms with Crippen LogP contribution in [-0.4, -0.2) is 33.2 Å². The first kappa shape index (κ1) is 14.7. The summed E-state index contributed by atoms with van der Waals surface area (Å²) < 4.78 is 20.4. The molecule has 0 spiro atoms. The average molecular weight is 322 g/mol. The molecular weight excluding hydrogens is 309 g/mol. The predicted molar refractivity (Wildman–Crippen MR) is 81.9 cm³/mol. The normalized spacial score (nSPS) is 11.0. The van der Waals surface area contributed by atoms with Crippen LogP contribution in [0.4, 0.5) is 15.9 Å². The lowest BCUT2D eigenvalue weighted by Gasteiger charge is -2.07. The van der Waals surface area contributed by atoms with Gasteiger partial charge in [-0.15, -0.1) is 0 Å². The maximum atomic E-state index is 13.5. The van der Waals surface area contributed by atoms with Gasteiger partial charge in [0.25, 0.3) is 0 Å². The van der Waals surface area contributed by atoms with E-state index in [0.717, 1.165) is 0 Å². The van der Waals surface area contributed by atoms with E-state index >= 15 is 0 Å². The number of nitrogens with one attached hydrogen (secondary N) is 1. The molecule has 0 aliphatic rings. The molecule has 0 atom stereocenters. The molecule has 1 aromatic carbocycles. The van der Waals surface area contributed by atoms with Gasteiger partial charge >= 0.3 is 0 Å². The molecule has 2 aromatic heterocycles. The van der Waals surface area contributed by atoms with E-state index in [-0.39, 0.29) is 5.02 Å². The number of hydrogen-bond acceptors (Lipinski definition) is 5. The van der Waals surface area contributed by atoms with Crippen LogP contribution in [0.3, 0.4) is 0 Å². The SMILES string of the molecule is COCCn1cnc2c(Nc3ccc(Cl)c(F)c3)ncnc21. The fourth-order valence-corrected chi connectivity index (χ4v) is 2.15. The fourth-order valence-electron chi connectivity index (χ4n) is 2.04. The quantitative estimate of drug-likeness (QED) is 0.782. The third-order valence-electron chi connectivity index (χ3n) is 3.12. The third-order valence-corrected chi connectivity index (χ3v) is 3.43. The van der Waals surface area contributed by atoms with Gasteiger partial charge < -0.3 is 14.6 Å². The molecule has 0 bridgehead atoms. The van der Waals surface area contributed by atoms with Gasteiger partial charge in [0.05, 0.1) is 18.0 Å². The van der Waals surface area contributed by atoms with Crippen LogP contribution in [0.2, 0.25) is 5.02 Å². The van der Waals surface area contributed by atoms with E-state index in [4.69, 9.17) is 16.3 Å². The van der Waals surface area contributed by atoms with E-state index in [1.165, 1.54) is 18.5 Å². The van der Waals surface area contributed by atoms with Crippen molar-refractivity contribution >= 4 is 34.3 Å². The molecular formula is C14H13ClFN5O. The van der Waals surface area contributed by atoms with Gasteiger partial charge in [0.15, 0.2) is 17.0 Å². The van der Waals surface area contributed by atoms with Crippen LogP contribution >= 0.6 is 11.6 Å². The molecule has 114 valence electrons. The highest BCUT2D eigenvalue weighted by atomic mass is 35.5. The number of nitrogens with zero attached hydrogens (tertiary/aromatic N) is 4. The summed E-state index contributed by atoms with van der Waals surface area (Å²) in [7, 11) is 1.64. The van der Waals surface area contributed by atoms with Crippen molar-refractivity contribution in [2.45, 2.75) is 6.54 Å². The van der Waals surface area contributed by atoms with Gasteiger partial charge in [0.1, 0.15) is 12.1 Å². The van der Waals surface area contributed by atoms with E-state index in [1.807, 2.05) is 4.57 Å². The number of aromatic nitrogens is 4. The van der Waals surface area contributed by atoms with Crippen LogP contribution < -0.4 is 5.32 Å². The summed E-state index contributed by atoms with van der Waals surface area (Å²) >= 11 is 5.67. The standard InChI is InChI=1S/C14H13ClFN5O/c1-22-5-4-21-8-19-12-13(17-7-18-14(12)21)20-9-2-3-10(15)11(16)6-9/h2-3,6-8H,4-5H2,1H3,(H,17,18,20). The number of halogens is 2. The molecule has 1 N–H and O–H groups in total. The van der Waals surface area contributed by atoms with Gasteiger partial charge in [-0.2, -0.15) is 0 Å². The first-order valence-corrected chi connectivity index (χ1v) is 6.93. The molecule has 2 heterocycles. The second-order valence-electron chi connectivity index (χ2n) is 4.58. The zero-order chi connectivity index (χ0) is 15.5. The molecule has 22 heavy (non-hydrogen) atoms. The molecule has 0 radical (unpaired) electrons. The highest BCUT2D eigenvalue weighted by Gasteiger charge is 2.11. The summed E-state index contributed by atoms with van der Waals surface area (Å²) in [5, 5.41) is 3.10. The first-order chi connectivity index (χ1) is 10.7. The van der Waals surface area contributed by atoms with Crippen LogP contribution in [0.15, 0.2) is 30.9 Å². The second kappa shape index (κ2) is 6.25. The monoisotopic (exact) mass is 321 g/mol. The molecule has 0 aliphatic heterocycles. The highest BCUT2D eigenvalue weighted by Crippen LogP contribution is 2.24. The highest BCUT2D eigenvalue weighted by molar-refractivity contribution is 6.30. The molecule has 0 aliphatic carbocycles. The maximum absolute atomic E-state index is 13.5. The summed E-state index contributed by atoms with van der Waals surface area (Å²) in [4.78, 5) is 12.7. The molecule has 0 amide bonds. The van der Waals surface area contributed by atoms with Crippen molar-refractivity contribution in [1.82, 2.24) is 19.5 Å². The number of imidazole rings is 1. The summed E-state index contributed by atoms with van der Waals surface area (Å²) in [5.74, 6) is 0.00507. The minimum Gasteiger partial charge on any atom is -0.383 e. The topological polar surface area (TPSA) is 64.9 Å². The number of benzene rings is 1. The lowest BCUT2D eigenvalue weighted by Crippen LogP contribution is -2.04. The molecule has 0 fully saturated rings. The Balaban J connectivity index is 1.93. The van der Waals surface area contributed by atoms with Crippen molar-refractivity contribution in [1.29, 1.82) is 0 Å². The van der Waals surface area contributed by atoms with Crippen LogP contribution in [-0.2, 0) is 11.3 Å². The molecule has 0 saturated carbocycles. The number of methoxy groups -OCH3 is 1. The van der Waals surface area contributed by atoms with E-state index in [2.05, 4.69) is 20.3 Å². The minimum atomic E-state index is -0.498. The lowest BCUT2D eigenvalue weighted by molar-refractivity contribution is 0.188. The summed E-state index contributed by atoms with van der Waals surface area (Å²) in [6.07, 6.45) is 3.11. The fraction of sp³-hybridized carbons (Fsp3) is 0.214. The molecule has 0 saturated heterocycles. The zero-order valence-corrected chi connectivity index (χ0v) is 12.5. The largest absolute Gasteiger partial charge is 0.383 e. The van der Waals surface area contributed by atoms with Crippen LogP contribution in [0, 0.1) is 5.82 Å². The van der Waals surface area contributed by atoms with Crippen molar-refractivity contribution < 1.29 is 9.13 Å². The predicted octanol–water partition coefficient (Wildman–Crippen LogP) is 3.01. The Hall–Kier alpha value is -2.25. The van der Waals surface area contributed by atoms with Crippen LogP contribution in [0.5, 0.6) is 0 Å². The Kier molecular flexibility index (Phi) is 4.17. The second-order valence-corrected chi connectivity index (χ2v) is 4.99. The number of rotatable bonds is 5. The van der Waals surface area contributed by atoms with Gasteiger partial charge in [-0.05, 0) is 18.2 Å². The lowest BCUT2D eigenvalue weighted by atomic mass is 10.3. The van der Waals surface area contributed by atoms with E-state index < -0.39 is 5.82 Å². The van der Waals surface area contributed by atoms with E-state index in [0.29, 0.717) is 35.8 Å². The summed E-state index contributed by atoms with van der Waals surface area (Å²) in [6, 6.07) is 4.45. The van der Waals surface area contributed by atoms with Crippen molar-refractivity contribution in [3.05, 3.63) is 41.7 Å². The van der Waals surface area contributed by atoms with Gasteiger partial charge in [-0.1, -0.05) is 11.6 Å². The van der Waals surface area contributed by atoms with Crippen molar-refractivity contribution in [3.63, 3.8) is 0 Å². The van der Waals surface area contributed by atoms with Gasteiger partial charge in [0, 0.05) is 19.3 Å². The third kappa shape index (κ3) is 2.86. The Morgan fingerprint density at radius 3 is 2.95 bits per heavy atom. The Morgan fingerprint density at radius 2 is 2.18 bits per heavy atom. The number of fused-ring (bicyclic) bond motifs is 1. The number of hydrogen-bond donors (Lipinski definition) is 1. The van der Waals surface area contributed by atoms with Crippen molar-refractivity contribution in [3.8, 4) is 0 Å². The Bertz CT molecular complexity index is 807. The van der Waals surface area contributed by atoms with Crippen LogP contribution in [0.25, 0.3) is 11.2 Å². The summed E-state index contributed by atoms with van der Waals surface area (Å²) in [5.41, 5.74) is 1.83. The molecule has 3 rings (SSSR count). The van der Waals surface area contributed by atoms with Gasteiger partial charge in [0.2, 0.25) is 0 Å². The Morgan fingerprint density at radius 1 is 1.32 bits per heavy atom. The van der Waals surface area contributed by atoms with Gasteiger partial charge in [-0.25, -0.2) is 19.3 Å². The number of anilines is 2. The van der Waals surface area contributed by atoms with Crippen molar-refractivity contribution in [2.24, 2.45) is 0 Å². The molecule has 3 aromatic rings. The average Bonchev–Trinajstić information content (AvgIpc) is 2.93. The van der Waals surface area contributed by atoms with Crippen molar-refractivity contribution in [2.75, 3.05) is 19.0 Å². The summed E-state index contributed by atoms with van der Waals surface area (Å²) in [6.45, 7) is 1.19. The maximum Gasteiger partial charge on any atom is 0.165 e. The number of ether oxygens (including phenoxy) is 1. The smallest absolute Gasteiger partial charge is 0.165 e.